The molecule has 78 valence electrons. The van der Waals surface area contributed by atoms with E-state index in [4.69, 9.17) is 33.6 Å². The van der Waals surface area contributed by atoms with Crippen molar-refractivity contribution < 1.29 is 9.90 Å². The molecule has 0 unspecified atom stereocenters. The van der Waals surface area contributed by atoms with Gasteiger partial charge < -0.3 is 5.11 Å². The lowest BCUT2D eigenvalue weighted by Crippen LogP contribution is -2.02. The summed E-state index contributed by atoms with van der Waals surface area (Å²) >= 11 is 11.5. The van der Waals surface area contributed by atoms with E-state index in [1.807, 2.05) is 6.07 Å². The summed E-state index contributed by atoms with van der Waals surface area (Å²) in [6.07, 6.45) is -0.198. The van der Waals surface area contributed by atoms with Crippen LogP contribution in [0.15, 0.2) is 12.1 Å². The molecule has 0 aliphatic heterocycles. The summed E-state index contributed by atoms with van der Waals surface area (Å²) in [4.78, 5) is 10.5. The Balaban J connectivity index is 3.21. The van der Waals surface area contributed by atoms with Gasteiger partial charge >= 0.3 is 5.97 Å². The summed E-state index contributed by atoms with van der Waals surface area (Å²) in [6, 6.07) is 4.95. The average molecular weight is 244 g/mol. The second-order valence-corrected chi connectivity index (χ2v) is 3.59. The number of nitrogens with zero attached hydrogens (tertiary/aromatic N) is 1. The third kappa shape index (κ3) is 2.85. The second kappa shape index (κ2) is 5.01. The Bertz CT molecular complexity index is 438. The maximum Gasteiger partial charge on any atom is 0.307 e. The van der Waals surface area contributed by atoms with Crippen molar-refractivity contribution in [3.05, 3.63) is 33.8 Å². The van der Waals surface area contributed by atoms with Crippen LogP contribution >= 0.6 is 23.2 Å². The predicted octanol–water partition coefficient (Wildman–Crippen LogP) is 2.58. The van der Waals surface area contributed by atoms with Gasteiger partial charge in [0.1, 0.15) is 0 Å². The Kier molecular flexibility index (Phi) is 3.96. The summed E-state index contributed by atoms with van der Waals surface area (Å²) in [5, 5.41) is 17.7. The van der Waals surface area contributed by atoms with Crippen LogP contribution in [0.4, 0.5) is 0 Å². The highest BCUT2D eigenvalue weighted by atomic mass is 35.5. The average Bonchev–Trinajstić information content (AvgIpc) is 2.19. The summed E-state index contributed by atoms with van der Waals surface area (Å²) < 4.78 is 0. The fourth-order valence-electron chi connectivity index (χ4n) is 1.17. The van der Waals surface area contributed by atoms with Gasteiger partial charge in [0.2, 0.25) is 0 Å². The monoisotopic (exact) mass is 243 g/mol. The fourth-order valence-corrected chi connectivity index (χ4v) is 1.65. The Morgan fingerprint density at radius 1 is 1.47 bits per heavy atom. The van der Waals surface area contributed by atoms with Crippen molar-refractivity contribution in [2.45, 2.75) is 12.3 Å². The number of aliphatic carboxylic acids is 1. The SMILES string of the molecule is N#Cc1cc(CC(=O)O)c(Cl)cc1CCl. The molecular weight excluding hydrogens is 237 g/mol. The van der Waals surface area contributed by atoms with Crippen molar-refractivity contribution in [3.63, 3.8) is 0 Å². The van der Waals surface area contributed by atoms with E-state index in [0.29, 0.717) is 21.7 Å². The minimum Gasteiger partial charge on any atom is -0.481 e. The van der Waals surface area contributed by atoms with Crippen LogP contribution in [-0.2, 0) is 17.1 Å². The molecule has 0 amide bonds. The normalized spacial score (nSPS) is 9.67. The molecule has 1 N–H and O–H groups in total. The number of carboxylic acid groups (broad SMARTS) is 1. The molecule has 0 fully saturated rings. The lowest BCUT2D eigenvalue weighted by Gasteiger charge is -2.05. The standard InChI is InChI=1S/C10H7Cl2NO2/c11-4-7-2-9(12)6(3-10(14)15)1-8(7)5-13/h1-2H,3-4H2,(H,14,15). The maximum atomic E-state index is 10.5. The van der Waals surface area contributed by atoms with E-state index >= 15 is 0 Å². The van der Waals surface area contributed by atoms with Crippen LogP contribution in [0.2, 0.25) is 5.02 Å². The number of rotatable bonds is 3. The fraction of sp³-hybridized carbons (Fsp3) is 0.200. The zero-order chi connectivity index (χ0) is 11.4. The zero-order valence-corrected chi connectivity index (χ0v) is 9.14. The van der Waals surface area contributed by atoms with Gasteiger partial charge in [-0.15, -0.1) is 11.6 Å². The smallest absolute Gasteiger partial charge is 0.307 e. The Hall–Kier alpha value is -1.24. The molecule has 0 aromatic heterocycles. The van der Waals surface area contributed by atoms with Gasteiger partial charge in [0.05, 0.1) is 18.1 Å². The molecule has 5 heteroatoms. The number of alkyl halides is 1. The number of hydrogen-bond acceptors (Lipinski definition) is 2. The summed E-state index contributed by atoms with van der Waals surface area (Å²) in [5.41, 5.74) is 1.40. The molecule has 0 aliphatic carbocycles. The van der Waals surface area contributed by atoms with Crippen LogP contribution in [-0.4, -0.2) is 11.1 Å². The summed E-state index contributed by atoms with van der Waals surface area (Å²) in [5.74, 6) is -0.810. The lowest BCUT2D eigenvalue weighted by molar-refractivity contribution is -0.136. The molecule has 0 heterocycles. The summed E-state index contributed by atoms with van der Waals surface area (Å²) in [6.45, 7) is 0. The van der Waals surface area contributed by atoms with Gasteiger partial charge in [-0.2, -0.15) is 5.26 Å². The second-order valence-electron chi connectivity index (χ2n) is 2.92. The number of hydrogen-bond donors (Lipinski definition) is 1. The maximum absolute atomic E-state index is 10.5. The molecule has 0 saturated heterocycles. The molecule has 3 nitrogen and oxygen atoms in total. The van der Waals surface area contributed by atoms with Gasteiger partial charge in [-0.1, -0.05) is 11.6 Å². The number of benzene rings is 1. The molecule has 0 radical (unpaired) electrons. The largest absolute Gasteiger partial charge is 0.481 e. The van der Waals surface area contributed by atoms with Crippen LogP contribution in [0.3, 0.4) is 0 Å². The highest BCUT2D eigenvalue weighted by Gasteiger charge is 2.10. The highest BCUT2D eigenvalue weighted by Crippen LogP contribution is 2.23. The molecule has 0 spiro atoms. The van der Waals surface area contributed by atoms with Crippen LogP contribution in [0.5, 0.6) is 0 Å². The van der Waals surface area contributed by atoms with Gasteiger partial charge in [-0.25, -0.2) is 0 Å². The van der Waals surface area contributed by atoms with Crippen molar-refractivity contribution in [1.29, 1.82) is 5.26 Å². The molecule has 0 saturated carbocycles. The van der Waals surface area contributed by atoms with Crippen molar-refractivity contribution in [2.24, 2.45) is 0 Å². The van der Waals surface area contributed by atoms with Crippen molar-refractivity contribution in [2.75, 3.05) is 0 Å². The van der Waals surface area contributed by atoms with Crippen molar-refractivity contribution in [1.82, 2.24) is 0 Å². The van der Waals surface area contributed by atoms with Gasteiger partial charge in [0, 0.05) is 10.9 Å². The van der Waals surface area contributed by atoms with Crippen LogP contribution in [0.1, 0.15) is 16.7 Å². The first-order chi connectivity index (χ1) is 7.08. The molecule has 15 heavy (non-hydrogen) atoms. The van der Waals surface area contributed by atoms with Crippen LogP contribution in [0, 0.1) is 11.3 Å². The third-order valence-electron chi connectivity index (χ3n) is 1.88. The van der Waals surface area contributed by atoms with E-state index in [-0.39, 0.29) is 12.3 Å². The number of carboxylic acids is 1. The first kappa shape index (κ1) is 11.8. The number of carbonyl (C=O) groups is 1. The molecule has 0 bridgehead atoms. The number of halogens is 2. The van der Waals surface area contributed by atoms with E-state index in [1.54, 1.807) is 0 Å². The minimum atomic E-state index is -0.987. The van der Waals surface area contributed by atoms with Gasteiger partial charge in [0.25, 0.3) is 0 Å². The third-order valence-corrected chi connectivity index (χ3v) is 2.52. The number of nitriles is 1. The van der Waals surface area contributed by atoms with Crippen LogP contribution in [0.25, 0.3) is 0 Å². The van der Waals surface area contributed by atoms with Crippen molar-refractivity contribution >= 4 is 29.2 Å². The van der Waals surface area contributed by atoms with Gasteiger partial charge in [0.15, 0.2) is 0 Å². The molecule has 1 aromatic rings. The van der Waals surface area contributed by atoms with Gasteiger partial charge in [-0.3, -0.25) is 4.79 Å². The van der Waals surface area contributed by atoms with Crippen molar-refractivity contribution in [3.8, 4) is 6.07 Å². The van der Waals surface area contributed by atoms with E-state index in [9.17, 15) is 4.79 Å². The highest BCUT2D eigenvalue weighted by molar-refractivity contribution is 6.31. The molecule has 1 rings (SSSR count). The van der Waals surface area contributed by atoms with E-state index < -0.39 is 5.97 Å². The molecule has 1 aromatic carbocycles. The molecule has 0 aliphatic rings. The quantitative estimate of drug-likeness (QED) is 0.831. The predicted molar refractivity (Wildman–Crippen MR) is 57.1 cm³/mol. The topological polar surface area (TPSA) is 61.1 Å². The first-order valence-corrected chi connectivity index (χ1v) is 4.99. The van der Waals surface area contributed by atoms with E-state index in [0.717, 1.165) is 0 Å². The Labute approximate surface area is 96.8 Å². The minimum absolute atomic E-state index is 0.177. The van der Waals surface area contributed by atoms with Gasteiger partial charge in [-0.05, 0) is 23.3 Å². The zero-order valence-electron chi connectivity index (χ0n) is 7.63. The molecular formula is C10H7Cl2NO2. The van der Waals surface area contributed by atoms with E-state index in [2.05, 4.69) is 0 Å². The Morgan fingerprint density at radius 3 is 2.60 bits per heavy atom. The Morgan fingerprint density at radius 2 is 2.13 bits per heavy atom. The molecule has 0 atom stereocenters. The first-order valence-electron chi connectivity index (χ1n) is 4.07. The summed E-state index contributed by atoms with van der Waals surface area (Å²) in [7, 11) is 0. The lowest BCUT2D eigenvalue weighted by atomic mass is 10.0. The van der Waals surface area contributed by atoms with E-state index in [1.165, 1.54) is 12.1 Å². The van der Waals surface area contributed by atoms with Crippen LogP contribution < -0.4 is 0 Å².